The average molecular weight is 313 g/mol. The molecule has 0 aliphatic heterocycles. The molecule has 0 bridgehead atoms. The summed E-state index contributed by atoms with van der Waals surface area (Å²) >= 11 is 0. The number of nitrogens with two attached hydrogens (primary N) is 1. The Morgan fingerprint density at radius 3 is 2.87 bits per heavy atom. The lowest BCUT2D eigenvalue weighted by Gasteiger charge is -2.20. The van der Waals surface area contributed by atoms with Crippen molar-refractivity contribution in [2.24, 2.45) is 5.73 Å². The molecule has 0 aliphatic carbocycles. The van der Waals surface area contributed by atoms with Crippen LogP contribution in [0.2, 0.25) is 0 Å². The molecule has 0 saturated carbocycles. The average Bonchev–Trinajstić information content (AvgIpc) is 3.15. The Hall–Kier alpha value is -2.47. The van der Waals surface area contributed by atoms with E-state index >= 15 is 0 Å². The first-order valence-electron chi connectivity index (χ1n) is 7.54. The maximum Gasteiger partial charge on any atom is 0.236 e. The van der Waals surface area contributed by atoms with Gasteiger partial charge in [-0.25, -0.2) is 4.98 Å². The zero-order chi connectivity index (χ0) is 16.7. The van der Waals surface area contributed by atoms with E-state index in [4.69, 9.17) is 10.2 Å². The van der Waals surface area contributed by atoms with Crippen molar-refractivity contribution in [1.29, 1.82) is 0 Å². The predicted molar refractivity (Wildman–Crippen MR) is 89.5 cm³/mol. The van der Waals surface area contributed by atoms with Gasteiger partial charge in [-0.2, -0.15) is 0 Å². The highest BCUT2D eigenvalue weighted by Gasteiger charge is 2.28. The molecule has 6 heteroatoms. The molecular formula is C17H23N5O. The fourth-order valence-corrected chi connectivity index (χ4v) is 2.19. The largest absolute Gasteiger partial charge is 0.421 e. The molecule has 6 nitrogen and oxygen atoms in total. The summed E-state index contributed by atoms with van der Waals surface area (Å²) < 4.78 is 7.58. The van der Waals surface area contributed by atoms with E-state index in [1.54, 1.807) is 12.5 Å². The molecule has 0 aliphatic rings. The van der Waals surface area contributed by atoms with E-state index in [0.717, 1.165) is 5.57 Å². The van der Waals surface area contributed by atoms with Gasteiger partial charge in [-0.3, -0.25) is 0 Å². The van der Waals surface area contributed by atoms with Crippen molar-refractivity contribution in [2.45, 2.75) is 39.3 Å². The normalized spacial score (nSPS) is 15.6. The third kappa shape index (κ3) is 5.03. The highest BCUT2D eigenvalue weighted by Crippen LogP contribution is 2.24. The lowest BCUT2D eigenvalue weighted by atomic mass is 9.94. The van der Waals surface area contributed by atoms with Gasteiger partial charge in [0.2, 0.25) is 11.8 Å². The number of imidazole rings is 1. The minimum atomic E-state index is -0.699. The summed E-state index contributed by atoms with van der Waals surface area (Å²) in [4.78, 5) is 3.98. The van der Waals surface area contributed by atoms with Crippen LogP contribution in [0.25, 0.3) is 0 Å². The topological polar surface area (TPSA) is 82.8 Å². The third-order valence-electron chi connectivity index (χ3n) is 3.27. The van der Waals surface area contributed by atoms with Gasteiger partial charge in [0.1, 0.15) is 6.54 Å². The van der Waals surface area contributed by atoms with E-state index in [1.165, 1.54) is 0 Å². The summed E-state index contributed by atoms with van der Waals surface area (Å²) in [6, 6.07) is 0. The highest BCUT2D eigenvalue weighted by molar-refractivity contribution is 5.18. The molecule has 0 aromatic carbocycles. The van der Waals surface area contributed by atoms with Crippen molar-refractivity contribution in [2.75, 3.05) is 0 Å². The van der Waals surface area contributed by atoms with Gasteiger partial charge in [0.05, 0.1) is 11.9 Å². The van der Waals surface area contributed by atoms with E-state index in [-0.39, 0.29) is 0 Å². The molecule has 2 aromatic rings. The Kier molecular flexibility index (Phi) is 5.65. The summed E-state index contributed by atoms with van der Waals surface area (Å²) in [5.41, 5.74) is 6.81. The Labute approximate surface area is 136 Å². The molecule has 2 rings (SSSR count). The monoisotopic (exact) mass is 313 g/mol. The van der Waals surface area contributed by atoms with Crippen LogP contribution in [0.5, 0.6) is 0 Å². The van der Waals surface area contributed by atoms with Crippen molar-refractivity contribution in [3.63, 3.8) is 0 Å². The summed E-state index contributed by atoms with van der Waals surface area (Å²) in [5.74, 6) is 0.960. The van der Waals surface area contributed by atoms with E-state index in [0.29, 0.717) is 24.7 Å². The Balaban J connectivity index is 2.03. The molecule has 0 unspecified atom stereocenters. The Morgan fingerprint density at radius 1 is 1.35 bits per heavy atom. The number of rotatable bonds is 7. The zero-order valence-corrected chi connectivity index (χ0v) is 13.8. The number of allylic oxidation sites excluding steroid dienone is 5. The molecule has 2 heterocycles. The second-order valence-electron chi connectivity index (χ2n) is 5.75. The van der Waals surface area contributed by atoms with Crippen molar-refractivity contribution in [1.82, 2.24) is 19.7 Å². The van der Waals surface area contributed by atoms with Gasteiger partial charge >= 0.3 is 0 Å². The first-order chi connectivity index (χ1) is 11.0. The maximum atomic E-state index is 6.36. The molecule has 2 N–H and O–H groups in total. The first-order valence-corrected chi connectivity index (χ1v) is 7.54. The number of hydrogen-bond acceptors (Lipinski definition) is 5. The molecule has 0 fully saturated rings. The van der Waals surface area contributed by atoms with Crippen LogP contribution in [0.3, 0.4) is 0 Å². The van der Waals surface area contributed by atoms with Crippen molar-refractivity contribution < 1.29 is 4.42 Å². The van der Waals surface area contributed by atoms with E-state index in [9.17, 15) is 0 Å². The summed E-state index contributed by atoms with van der Waals surface area (Å²) in [5, 5.41) is 8.16. The summed E-state index contributed by atoms with van der Waals surface area (Å²) in [6.45, 7) is 6.40. The molecular weight excluding hydrogens is 290 g/mol. The van der Waals surface area contributed by atoms with E-state index in [1.807, 2.05) is 61.9 Å². The van der Waals surface area contributed by atoms with Crippen molar-refractivity contribution in [3.8, 4) is 0 Å². The van der Waals surface area contributed by atoms with Crippen molar-refractivity contribution in [3.05, 3.63) is 66.5 Å². The van der Waals surface area contributed by atoms with Gasteiger partial charge in [-0.15, -0.1) is 10.2 Å². The van der Waals surface area contributed by atoms with Gasteiger partial charge < -0.3 is 14.7 Å². The maximum absolute atomic E-state index is 6.36. The Bertz CT molecular complexity index is 692. The fraction of sp³-hybridized carbons (Fsp3) is 0.353. The second-order valence-corrected chi connectivity index (χ2v) is 5.75. The molecule has 0 radical (unpaired) electrons. The minimum Gasteiger partial charge on any atom is -0.421 e. The fourth-order valence-electron chi connectivity index (χ4n) is 2.19. The SMILES string of the molecule is C\C=C/C=C\C=C(/C)C[C@@](C)(N)c1nnc(Cn2ccnc2)o1. The van der Waals surface area contributed by atoms with Crippen LogP contribution in [0.1, 0.15) is 39.0 Å². The number of hydrogen-bond donors (Lipinski definition) is 1. The van der Waals surface area contributed by atoms with Crippen LogP contribution in [0.4, 0.5) is 0 Å². The molecule has 0 amide bonds. The minimum absolute atomic E-state index is 0.442. The van der Waals surface area contributed by atoms with Crippen LogP contribution >= 0.6 is 0 Å². The molecule has 23 heavy (non-hydrogen) atoms. The second kappa shape index (κ2) is 7.69. The van der Waals surface area contributed by atoms with Gasteiger partial charge in [0, 0.05) is 12.4 Å². The standard InChI is InChI=1S/C17H23N5O/c1-4-5-6-7-8-14(2)11-17(3,18)16-21-20-15(23-16)12-22-10-9-19-13-22/h4-10,13H,11-12,18H2,1-3H3/b5-4-,7-6-,14-8+/t17-/m1/s1. The van der Waals surface area contributed by atoms with Crippen LogP contribution in [-0.4, -0.2) is 19.7 Å². The summed E-state index contributed by atoms with van der Waals surface area (Å²) in [6.07, 6.45) is 15.9. The molecule has 1 atom stereocenters. The number of nitrogens with zero attached hydrogens (tertiary/aromatic N) is 4. The quantitative estimate of drug-likeness (QED) is 0.795. The molecule has 2 aromatic heterocycles. The van der Waals surface area contributed by atoms with E-state index in [2.05, 4.69) is 15.2 Å². The Morgan fingerprint density at radius 2 is 2.17 bits per heavy atom. The van der Waals surface area contributed by atoms with E-state index < -0.39 is 5.54 Å². The lowest BCUT2D eigenvalue weighted by molar-refractivity contribution is 0.333. The van der Waals surface area contributed by atoms with Gasteiger partial charge in [0.25, 0.3) is 0 Å². The summed E-state index contributed by atoms with van der Waals surface area (Å²) in [7, 11) is 0. The van der Waals surface area contributed by atoms with Crippen LogP contribution in [0.15, 0.2) is 59.1 Å². The first kappa shape index (κ1) is 16.9. The molecule has 0 saturated heterocycles. The highest BCUT2D eigenvalue weighted by atomic mass is 16.4. The van der Waals surface area contributed by atoms with Crippen LogP contribution < -0.4 is 5.73 Å². The number of aromatic nitrogens is 4. The molecule has 0 spiro atoms. The van der Waals surface area contributed by atoms with Gasteiger partial charge in [-0.1, -0.05) is 36.0 Å². The smallest absolute Gasteiger partial charge is 0.236 e. The van der Waals surface area contributed by atoms with Crippen LogP contribution in [-0.2, 0) is 12.1 Å². The van der Waals surface area contributed by atoms with Crippen LogP contribution in [0, 0.1) is 0 Å². The lowest BCUT2D eigenvalue weighted by Crippen LogP contribution is -2.33. The predicted octanol–water partition coefficient (Wildman–Crippen LogP) is 2.96. The third-order valence-corrected chi connectivity index (χ3v) is 3.27. The van der Waals surface area contributed by atoms with Gasteiger partial charge in [-0.05, 0) is 27.2 Å². The van der Waals surface area contributed by atoms with Crippen molar-refractivity contribution >= 4 is 0 Å². The van der Waals surface area contributed by atoms with Gasteiger partial charge in [0.15, 0.2) is 0 Å². The molecule has 122 valence electrons. The zero-order valence-electron chi connectivity index (χ0n) is 13.8.